The number of aromatic nitrogens is 1. The number of nitrogens with zero attached hydrogens (tertiary/aromatic N) is 1. The van der Waals surface area contributed by atoms with Crippen LogP contribution in [0.3, 0.4) is 0 Å². The Morgan fingerprint density at radius 1 is 1.26 bits per heavy atom. The average Bonchev–Trinajstić information content (AvgIpc) is 3.14. The molecule has 4 nitrogen and oxygen atoms in total. The van der Waals surface area contributed by atoms with E-state index >= 15 is 0 Å². The topological polar surface area (TPSA) is 51.2 Å². The van der Waals surface area contributed by atoms with E-state index in [1.165, 1.54) is 0 Å². The van der Waals surface area contributed by atoms with Gasteiger partial charge in [-0.3, -0.25) is 9.78 Å². The van der Waals surface area contributed by atoms with Crippen molar-refractivity contribution in [2.45, 2.75) is 6.54 Å². The lowest BCUT2D eigenvalue weighted by Gasteiger charge is -2.09. The number of carbonyl (C=O) groups excluding carboxylic acids is 1. The Balaban J connectivity index is 1.75. The number of methoxy groups -OCH3 is 1. The molecule has 0 fully saturated rings. The quantitative estimate of drug-likeness (QED) is 0.777. The summed E-state index contributed by atoms with van der Waals surface area (Å²) in [5.41, 5.74) is 3.54. The predicted octanol–water partition coefficient (Wildman–Crippen LogP) is 3.75. The molecule has 0 radical (unpaired) electrons. The minimum atomic E-state index is -0.135. The Labute approximate surface area is 138 Å². The summed E-state index contributed by atoms with van der Waals surface area (Å²) in [5, 5.41) is 7.01. The molecule has 23 heavy (non-hydrogen) atoms. The lowest BCUT2D eigenvalue weighted by atomic mass is 10.1. The Morgan fingerprint density at radius 2 is 2.17 bits per heavy atom. The second-order valence-electron chi connectivity index (χ2n) is 4.94. The van der Waals surface area contributed by atoms with Gasteiger partial charge in [-0.05, 0) is 41.3 Å². The molecular weight excluding hydrogens is 308 g/mol. The Kier molecular flexibility index (Phi) is 4.68. The minimum absolute atomic E-state index is 0.135. The van der Waals surface area contributed by atoms with Crippen molar-refractivity contribution in [3.05, 3.63) is 70.5 Å². The number of ether oxygens (including phenoxy) is 1. The number of benzene rings is 1. The van der Waals surface area contributed by atoms with Crippen molar-refractivity contribution in [3.8, 4) is 17.0 Å². The maximum absolute atomic E-state index is 12.3. The first kappa shape index (κ1) is 15.2. The van der Waals surface area contributed by atoms with Gasteiger partial charge >= 0.3 is 0 Å². The van der Waals surface area contributed by atoms with Crippen LogP contribution in [0.5, 0.6) is 5.75 Å². The van der Waals surface area contributed by atoms with Gasteiger partial charge < -0.3 is 10.1 Å². The van der Waals surface area contributed by atoms with E-state index in [0.29, 0.717) is 17.9 Å². The van der Waals surface area contributed by atoms with Crippen LogP contribution in [0, 0.1) is 0 Å². The van der Waals surface area contributed by atoms with Crippen LogP contribution in [0.1, 0.15) is 15.9 Å². The highest BCUT2D eigenvalue weighted by Gasteiger charge is 2.10. The van der Waals surface area contributed by atoms with Crippen LogP contribution >= 0.6 is 11.3 Å². The Hall–Kier alpha value is -2.66. The summed E-state index contributed by atoms with van der Waals surface area (Å²) in [4.78, 5) is 16.7. The number of hydrogen-bond acceptors (Lipinski definition) is 4. The van der Waals surface area contributed by atoms with Gasteiger partial charge in [0.25, 0.3) is 5.91 Å². The first-order valence-electron chi connectivity index (χ1n) is 7.16. The normalized spacial score (nSPS) is 10.3. The lowest BCUT2D eigenvalue weighted by Crippen LogP contribution is -2.23. The summed E-state index contributed by atoms with van der Waals surface area (Å²) in [6, 6.07) is 13.0. The molecule has 116 valence electrons. The van der Waals surface area contributed by atoms with Crippen molar-refractivity contribution in [2.24, 2.45) is 0 Å². The zero-order valence-corrected chi connectivity index (χ0v) is 13.5. The van der Waals surface area contributed by atoms with Crippen LogP contribution in [-0.2, 0) is 6.54 Å². The van der Waals surface area contributed by atoms with E-state index in [0.717, 1.165) is 16.8 Å². The van der Waals surface area contributed by atoms with Crippen molar-refractivity contribution in [2.75, 3.05) is 7.11 Å². The van der Waals surface area contributed by atoms with Gasteiger partial charge in [0.15, 0.2) is 0 Å². The summed E-state index contributed by atoms with van der Waals surface area (Å²) in [7, 11) is 1.58. The Bertz CT molecular complexity index is 800. The number of thiophene rings is 1. The molecule has 5 heteroatoms. The minimum Gasteiger partial charge on any atom is -0.497 e. The van der Waals surface area contributed by atoms with Crippen LogP contribution in [0.2, 0.25) is 0 Å². The molecule has 3 aromatic rings. The van der Waals surface area contributed by atoms with Gasteiger partial charge in [-0.2, -0.15) is 11.3 Å². The van der Waals surface area contributed by atoms with Gasteiger partial charge in [0.05, 0.1) is 12.8 Å². The van der Waals surface area contributed by atoms with Crippen LogP contribution in [0.25, 0.3) is 11.3 Å². The predicted molar refractivity (Wildman–Crippen MR) is 91.7 cm³/mol. The average molecular weight is 324 g/mol. The second kappa shape index (κ2) is 7.07. The molecule has 0 unspecified atom stereocenters. The summed E-state index contributed by atoms with van der Waals surface area (Å²) in [6.07, 6.45) is 1.76. The van der Waals surface area contributed by atoms with E-state index in [-0.39, 0.29) is 5.91 Å². The third-order valence-electron chi connectivity index (χ3n) is 3.46. The molecule has 0 aliphatic carbocycles. The highest BCUT2D eigenvalue weighted by atomic mass is 32.1. The number of carbonyl (C=O) groups is 1. The summed E-state index contributed by atoms with van der Waals surface area (Å²) >= 11 is 1.63. The van der Waals surface area contributed by atoms with Gasteiger partial charge in [-0.15, -0.1) is 0 Å². The fourth-order valence-electron chi connectivity index (χ4n) is 2.28. The maximum atomic E-state index is 12.3. The fourth-order valence-corrected chi connectivity index (χ4v) is 2.92. The number of nitrogens with one attached hydrogen (secondary N) is 1. The van der Waals surface area contributed by atoms with Crippen LogP contribution in [0.4, 0.5) is 0 Å². The van der Waals surface area contributed by atoms with Gasteiger partial charge in [0, 0.05) is 29.2 Å². The summed E-state index contributed by atoms with van der Waals surface area (Å²) in [6.45, 7) is 0.426. The van der Waals surface area contributed by atoms with E-state index in [9.17, 15) is 4.79 Å². The molecule has 1 aromatic carbocycles. The van der Waals surface area contributed by atoms with Crippen LogP contribution in [-0.4, -0.2) is 18.0 Å². The van der Waals surface area contributed by atoms with Gasteiger partial charge in [0.2, 0.25) is 0 Å². The molecule has 0 aliphatic rings. The van der Waals surface area contributed by atoms with Crippen molar-refractivity contribution < 1.29 is 9.53 Å². The molecule has 1 amide bonds. The van der Waals surface area contributed by atoms with Gasteiger partial charge in [-0.25, -0.2) is 0 Å². The SMILES string of the molecule is COc1cccc(C(=O)NCc2cccnc2-c2ccsc2)c1. The molecule has 2 heterocycles. The molecule has 0 atom stereocenters. The second-order valence-corrected chi connectivity index (χ2v) is 5.72. The standard InChI is InChI=1S/C18H16N2O2S/c1-22-16-6-2-4-13(10-16)18(21)20-11-14-5-3-8-19-17(14)15-7-9-23-12-15/h2-10,12H,11H2,1H3,(H,20,21). The van der Waals surface area contributed by atoms with E-state index in [1.807, 2.05) is 29.6 Å². The molecule has 3 rings (SSSR count). The zero-order chi connectivity index (χ0) is 16.1. The van der Waals surface area contributed by atoms with Crippen molar-refractivity contribution >= 4 is 17.2 Å². The molecular formula is C18H16N2O2S. The molecule has 1 N–H and O–H groups in total. The Morgan fingerprint density at radius 3 is 2.96 bits per heavy atom. The molecule has 2 aromatic heterocycles. The van der Waals surface area contributed by atoms with Crippen LogP contribution < -0.4 is 10.1 Å². The van der Waals surface area contributed by atoms with Crippen LogP contribution in [0.15, 0.2) is 59.4 Å². The molecule has 0 saturated heterocycles. The molecule has 0 saturated carbocycles. The van der Waals surface area contributed by atoms with E-state index in [1.54, 1.807) is 42.8 Å². The lowest BCUT2D eigenvalue weighted by molar-refractivity contribution is 0.0950. The monoisotopic (exact) mass is 324 g/mol. The smallest absolute Gasteiger partial charge is 0.251 e. The van der Waals surface area contributed by atoms with Crippen molar-refractivity contribution in [3.63, 3.8) is 0 Å². The first-order valence-corrected chi connectivity index (χ1v) is 8.11. The molecule has 0 spiro atoms. The van der Waals surface area contributed by atoms with Crippen molar-refractivity contribution in [1.29, 1.82) is 0 Å². The van der Waals surface area contributed by atoms with Gasteiger partial charge in [0.1, 0.15) is 5.75 Å². The third kappa shape index (κ3) is 3.57. The largest absolute Gasteiger partial charge is 0.497 e. The zero-order valence-electron chi connectivity index (χ0n) is 12.7. The van der Waals surface area contributed by atoms with E-state index in [2.05, 4.69) is 15.7 Å². The summed E-state index contributed by atoms with van der Waals surface area (Å²) < 4.78 is 5.15. The molecule has 0 aliphatic heterocycles. The van der Waals surface area contributed by atoms with E-state index < -0.39 is 0 Å². The van der Waals surface area contributed by atoms with E-state index in [4.69, 9.17) is 4.74 Å². The number of rotatable bonds is 5. The highest BCUT2D eigenvalue weighted by molar-refractivity contribution is 7.08. The maximum Gasteiger partial charge on any atom is 0.251 e. The third-order valence-corrected chi connectivity index (χ3v) is 4.14. The highest BCUT2D eigenvalue weighted by Crippen LogP contribution is 2.23. The fraction of sp³-hybridized carbons (Fsp3) is 0.111. The van der Waals surface area contributed by atoms with Gasteiger partial charge in [-0.1, -0.05) is 12.1 Å². The number of pyridine rings is 1. The number of amides is 1. The number of hydrogen-bond donors (Lipinski definition) is 1. The summed E-state index contributed by atoms with van der Waals surface area (Å²) in [5.74, 6) is 0.530. The molecule has 0 bridgehead atoms. The van der Waals surface area contributed by atoms with Crippen molar-refractivity contribution in [1.82, 2.24) is 10.3 Å². The first-order chi connectivity index (χ1) is 11.3.